The molecule has 0 atom stereocenters. The molecular weight excluding hydrogens is 368 g/mol. The first kappa shape index (κ1) is 12.9. The zero-order valence-electron chi connectivity index (χ0n) is 9.71. The van der Waals surface area contributed by atoms with E-state index in [1.165, 1.54) is 0 Å². The Labute approximate surface area is 121 Å². The van der Waals surface area contributed by atoms with Crippen molar-refractivity contribution in [3.05, 3.63) is 0 Å². The smallest absolute Gasteiger partial charge is 0.309 e. The molecule has 0 radical (unpaired) electrons. The maximum atomic E-state index is 11.7. The van der Waals surface area contributed by atoms with Gasteiger partial charge < -0.3 is 10.2 Å². The average Bonchev–Trinajstić information content (AvgIpc) is 2.10. The Hall–Kier alpha value is -0.100. The third-order valence-electron chi connectivity index (χ3n) is 4.84. The molecule has 0 aromatic heterocycles. The highest BCUT2D eigenvalue weighted by molar-refractivity contribution is 9.10. The van der Waals surface area contributed by atoms with Crippen LogP contribution in [0, 0.1) is 10.8 Å². The van der Waals surface area contributed by atoms with Crippen LogP contribution in [0.15, 0.2) is 0 Å². The summed E-state index contributed by atoms with van der Waals surface area (Å²) >= 11 is 7.29. The lowest BCUT2D eigenvalue weighted by Gasteiger charge is -2.65. The number of halogens is 2. The van der Waals surface area contributed by atoms with Crippen LogP contribution in [0.4, 0.5) is 0 Å². The number of carboxylic acid groups (broad SMARTS) is 2. The van der Waals surface area contributed by atoms with Crippen LogP contribution in [0.3, 0.4) is 0 Å². The molecule has 4 bridgehead atoms. The van der Waals surface area contributed by atoms with Crippen LogP contribution >= 0.6 is 31.9 Å². The Balaban J connectivity index is 2.15. The largest absolute Gasteiger partial charge is 0.481 e. The molecular formula is C12H14Br2O4. The Morgan fingerprint density at radius 1 is 0.722 bits per heavy atom. The molecule has 0 spiro atoms. The Bertz CT molecular complexity index is 407. The zero-order valence-corrected chi connectivity index (χ0v) is 12.9. The van der Waals surface area contributed by atoms with Gasteiger partial charge in [-0.1, -0.05) is 31.9 Å². The van der Waals surface area contributed by atoms with E-state index < -0.39 is 22.8 Å². The van der Waals surface area contributed by atoms with Crippen molar-refractivity contribution in [1.29, 1.82) is 0 Å². The molecule has 0 unspecified atom stereocenters. The van der Waals surface area contributed by atoms with Gasteiger partial charge in [0.25, 0.3) is 0 Å². The van der Waals surface area contributed by atoms with Crippen LogP contribution in [0.2, 0.25) is 0 Å². The fourth-order valence-corrected chi connectivity index (χ4v) is 8.44. The maximum Gasteiger partial charge on any atom is 0.309 e. The highest BCUT2D eigenvalue weighted by Gasteiger charge is 2.71. The molecule has 0 heterocycles. The van der Waals surface area contributed by atoms with E-state index in [0.717, 1.165) is 6.42 Å². The van der Waals surface area contributed by atoms with E-state index in [9.17, 15) is 19.8 Å². The number of carbonyl (C=O) groups is 2. The molecule has 0 aromatic rings. The van der Waals surface area contributed by atoms with Crippen molar-refractivity contribution in [2.24, 2.45) is 10.8 Å². The van der Waals surface area contributed by atoms with E-state index in [1.54, 1.807) is 0 Å². The van der Waals surface area contributed by atoms with Gasteiger partial charge in [0.15, 0.2) is 0 Å². The minimum atomic E-state index is -0.889. The summed E-state index contributed by atoms with van der Waals surface area (Å²) in [5.41, 5.74) is -1.78. The Kier molecular flexibility index (Phi) is 2.38. The lowest BCUT2D eigenvalue weighted by atomic mass is 9.44. The van der Waals surface area contributed by atoms with E-state index in [-0.39, 0.29) is 15.1 Å². The van der Waals surface area contributed by atoms with Gasteiger partial charge >= 0.3 is 11.9 Å². The molecule has 0 amide bonds. The van der Waals surface area contributed by atoms with Crippen molar-refractivity contribution in [1.82, 2.24) is 0 Å². The first-order valence-corrected chi connectivity index (χ1v) is 7.56. The zero-order chi connectivity index (χ0) is 13.4. The van der Waals surface area contributed by atoms with Crippen LogP contribution in [-0.4, -0.2) is 30.8 Å². The van der Waals surface area contributed by atoms with Gasteiger partial charge in [-0.25, -0.2) is 0 Å². The minimum Gasteiger partial charge on any atom is -0.481 e. The van der Waals surface area contributed by atoms with Crippen LogP contribution < -0.4 is 0 Å². The quantitative estimate of drug-likeness (QED) is 0.721. The summed E-state index contributed by atoms with van der Waals surface area (Å²) in [6.07, 6.45) is 3.24. The standard InChI is InChI=1S/C12H14Br2O4/c13-11-2-9(7(15)16)1-10(4-11,8(17)18)5-12(14,3-9)6-11/h1-6H2,(H,15,16)(H,17,18). The van der Waals surface area contributed by atoms with E-state index in [1.807, 2.05) is 0 Å². The lowest BCUT2D eigenvalue weighted by molar-refractivity contribution is -0.180. The fourth-order valence-electron chi connectivity index (χ4n) is 4.85. The Morgan fingerprint density at radius 2 is 1.06 bits per heavy atom. The van der Waals surface area contributed by atoms with Crippen LogP contribution in [0.25, 0.3) is 0 Å². The molecule has 0 saturated heterocycles. The highest BCUT2D eigenvalue weighted by Crippen LogP contribution is 2.72. The molecule has 2 N–H and O–H groups in total. The molecule has 6 heteroatoms. The van der Waals surface area contributed by atoms with E-state index in [0.29, 0.717) is 25.7 Å². The topological polar surface area (TPSA) is 74.6 Å². The predicted molar refractivity (Wildman–Crippen MR) is 71.2 cm³/mol. The third kappa shape index (κ3) is 1.54. The first-order chi connectivity index (χ1) is 8.13. The summed E-state index contributed by atoms with van der Waals surface area (Å²) in [6.45, 7) is 0. The first-order valence-electron chi connectivity index (χ1n) is 5.98. The monoisotopic (exact) mass is 380 g/mol. The van der Waals surface area contributed by atoms with Gasteiger partial charge in [-0.15, -0.1) is 0 Å². The molecule has 4 aliphatic rings. The highest BCUT2D eigenvalue weighted by atomic mass is 79.9. The van der Waals surface area contributed by atoms with Crippen molar-refractivity contribution >= 4 is 43.8 Å². The van der Waals surface area contributed by atoms with Gasteiger partial charge in [0.05, 0.1) is 10.8 Å². The van der Waals surface area contributed by atoms with Gasteiger partial charge in [0.2, 0.25) is 0 Å². The van der Waals surface area contributed by atoms with E-state index in [2.05, 4.69) is 31.9 Å². The predicted octanol–water partition coefficient (Wildman–Crippen LogP) is 2.78. The molecule has 18 heavy (non-hydrogen) atoms. The van der Waals surface area contributed by atoms with Gasteiger partial charge in [-0.3, -0.25) is 9.59 Å². The maximum absolute atomic E-state index is 11.7. The van der Waals surface area contributed by atoms with Gasteiger partial charge in [0.1, 0.15) is 0 Å². The van der Waals surface area contributed by atoms with Crippen molar-refractivity contribution in [2.45, 2.75) is 47.2 Å². The second kappa shape index (κ2) is 3.32. The summed E-state index contributed by atoms with van der Waals surface area (Å²) in [7, 11) is 0. The van der Waals surface area contributed by atoms with E-state index >= 15 is 0 Å². The van der Waals surface area contributed by atoms with Crippen molar-refractivity contribution in [2.75, 3.05) is 0 Å². The molecule has 4 saturated carbocycles. The number of carboxylic acids is 2. The Morgan fingerprint density at radius 3 is 1.33 bits per heavy atom. The summed E-state index contributed by atoms with van der Waals surface area (Å²) in [5.74, 6) is -1.69. The lowest BCUT2D eigenvalue weighted by Crippen LogP contribution is -2.66. The number of aliphatic carboxylic acids is 2. The van der Waals surface area contributed by atoms with E-state index in [4.69, 9.17) is 0 Å². The second-order valence-electron chi connectivity index (χ2n) is 6.53. The SMILES string of the molecule is O=C(O)C12CC3(Br)CC(Br)(C1)CC(C(=O)O)(C3)C2. The normalized spacial score (nSPS) is 53.4. The van der Waals surface area contributed by atoms with Gasteiger partial charge in [0, 0.05) is 8.65 Å². The number of hydrogen-bond donors (Lipinski definition) is 2. The van der Waals surface area contributed by atoms with Gasteiger partial charge in [-0.05, 0) is 38.5 Å². The summed E-state index contributed by atoms with van der Waals surface area (Å²) in [6, 6.07) is 0. The molecule has 4 rings (SSSR count). The van der Waals surface area contributed by atoms with Crippen LogP contribution in [-0.2, 0) is 9.59 Å². The minimum absolute atomic E-state index is 0.269. The molecule has 4 fully saturated rings. The van der Waals surface area contributed by atoms with Crippen LogP contribution in [0.1, 0.15) is 38.5 Å². The summed E-state index contributed by atoms with van der Waals surface area (Å²) in [5, 5.41) is 19.1. The second-order valence-corrected chi connectivity index (χ2v) is 9.90. The van der Waals surface area contributed by atoms with Crippen molar-refractivity contribution < 1.29 is 19.8 Å². The molecule has 0 aromatic carbocycles. The van der Waals surface area contributed by atoms with Gasteiger partial charge in [-0.2, -0.15) is 0 Å². The average molecular weight is 382 g/mol. The van der Waals surface area contributed by atoms with Crippen molar-refractivity contribution in [3.63, 3.8) is 0 Å². The van der Waals surface area contributed by atoms with Crippen molar-refractivity contribution in [3.8, 4) is 0 Å². The number of hydrogen-bond acceptors (Lipinski definition) is 2. The fraction of sp³-hybridized carbons (Fsp3) is 0.833. The molecule has 0 aliphatic heterocycles. The number of alkyl halides is 2. The third-order valence-corrected chi connectivity index (χ3v) is 6.52. The number of rotatable bonds is 2. The molecule has 4 aliphatic carbocycles. The molecule has 4 nitrogen and oxygen atoms in total. The summed E-state index contributed by atoms with van der Waals surface area (Å²) < 4.78 is -0.690. The summed E-state index contributed by atoms with van der Waals surface area (Å²) in [4.78, 5) is 23.3. The van der Waals surface area contributed by atoms with Crippen LogP contribution in [0.5, 0.6) is 0 Å². The molecule has 100 valence electrons.